The van der Waals surface area contributed by atoms with Gasteiger partial charge in [0.2, 0.25) is 5.79 Å². The number of benzene rings is 2. The van der Waals surface area contributed by atoms with Crippen LogP contribution in [0, 0.1) is 0 Å². The van der Waals surface area contributed by atoms with E-state index in [0.29, 0.717) is 62.6 Å². The van der Waals surface area contributed by atoms with Crippen LogP contribution < -0.4 is 14.2 Å². The molecule has 2 aromatic carbocycles. The lowest BCUT2D eigenvalue weighted by molar-refractivity contribution is -0.180. The molecule has 3 aliphatic heterocycles. The van der Waals surface area contributed by atoms with Crippen LogP contribution in [0.25, 0.3) is 0 Å². The molecule has 1 saturated heterocycles. The minimum atomic E-state index is -0.649. The molecule has 0 unspecified atom stereocenters. The first-order valence-corrected chi connectivity index (χ1v) is 13.7. The average Bonchev–Trinajstić information content (AvgIpc) is 3.32. The fourth-order valence-electron chi connectivity index (χ4n) is 4.88. The topological polar surface area (TPSA) is 88.6 Å². The lowest BCUT2D eigenvalue weighted by atomic mass is 10.0. The molecule has 210 valence electrons. The summed E-state index contributed by atoms with van der Waals surface area (Å²) in [4.78, 5) is 18.4. The minimum Gasteiger partial charge on any atom is -0.486 e. The Labute approximate surface area is 237 Å². The van der Waals surface area contributed by atoms with Crippen molar-refractivity contribution in [3.63, 3.8) is 0 Å². The maximum absolute atomic E-state index is 12.6. The fraction of sp³-hybridized carbons (Fsp3) is 0.400. The third-order valence-corrected chi connectivity index (χ3v) is 7.26. The van der Waals surface area contributed by atoms with E-state index in [-0.39, 0.29) is 18.3 Å². The predicted molar refractivity (Wildman–Crippen MR) is 146 cm³/mol. The Morgan fingerprint density at radius 1 is 1.05 bits per heavy atom. The van der Waals surface area contributed by atoms with Gasteiger partial charge in [0.1, 0.15) is 23.6 Å². The van der Waals surface area contributed by atoms with Crippen molar-refractivity contribution in [2.24, 2.45) is 0 Å². The van der Waals surface area contributed by atoms with Crippen LogP contribution in [0.15, 0.2) is 54.7 Å². The van der Waals surface area contributed by atoms with Gasteiger partial charge in [0.15, 0.2) is 17.6 Å². The predicted octanol–water partition coefficient (Wildman–Crippen LogP) is 5.47. The first-order chi connectivity index (χ1) is 19.3. The molecule has 3 aliphatic rings. The molecule has 0 saturated carbocycles. The van der Waals surface area contributed by atoms with Crippen LogP contribution in [0.2, 0.25) is 5.15 Å². The maximum atomic E-state index is 12.6. The van der Waals surface area contributed by atoms with Crippen molar-refractivity contribution in [3.8, 4) is 17.2 Å². The molecule has 3 aromatic rings. The molecule has 0 aliphatic carbocycles. The Bertz CT molecular complexity index is 1380. The van der Waals surface area contributed by atoms with Gasteiger partial charge in [-0.1, -0.05) is 29.8 Å². The standard InChI is InChI=1S/C30H31ClN2O7/c1-30(2)37-16-22-12-21(5-7-24(22)40-30)27-14-33(29(34)39-27)10-9-19-3-6-25-26(11-19)38-23(18-36-25)17-35-15-20-4-8-28(31)32-13-20/h3-8,11-13,23,27H,9-10,14-18H2,1-2H3/t23-,27+/m1/s1. The molecule has 0 bridgehead atoms. The van der Waals surface area contributed by atoms with E-state index in [1.807, 2.05) is 56.3 Å². The summed E-state index contributed by atoms with van der Waals surface area (Å²) in [7, 11) is 0. The van der Waals surface area contributed by atoms with Crippen molar-refractivity contribution < 1.29 is 33.2 Å². The summed E-state index contributed by atoms with van der Waals surface area (Å²) in [6.45, 7) is 6.44. The van der Waals surface area contributed by atoms with Crippen molar-refractivity contribution in [3.05, 3.63) is 82.1 Å². The number of rotatable bonds is 8. The van der Waals surface area contributed by atoms with Gasteiger partial charge in [-0.15, -0.1) is 0 Å². The first kappa shape index (κ1) is 26.7. The molecule has 2 atom stereocenters. The van der Waals surface area contributed by atoms with Crippen LogP contribution in [-0.4, -0.2) is 54.2 Å². The van der Waals surface area contributed by atoms with Crippen LogP contribution >= 0.6 is 11.6 Å². The van der Waals surface area contributed by atoms with Gasteiger partial charge >= 0.3 is 6.09 Å². The summed E-state index contributed by atoms with van der Waals surface area (Å²) in [5.74, 6) is 1.52. The van der Waals surface area contributed by atoms with Gasteiger partial charge in [-0.3, -0.25) is 0 Å². The van der Waals surface area contributed by atoms with Gasteiger partial charge in [-0.05, 0) is 53.4 Å². The third kappa shape index (κ3) is 6.11. The highest BCUT2D eigenvalue weighted by molar-refractivity contribution is 6.29. The molecule has 10 heteroatoms. The first-order valence-electron chi connectivity index (χ1n) is 13.3. The summed E-state index contributed by atoms with van der Waals surface area (Å²) in [5.41, 5.74) is 3.86. The summed E-state index contributed by atoms with van der Waals surface area (Å²) < 4.78 is 35.2. The SMILES string of the molecule is CC1(C)OCc2cc([C@@H]3CN(CCc4ccc5c(c4)O[C@H](COCc4ccc(Cl)nc4)CO5)C(=O)O3)ccc2O1. The van der Waals surface area contributed by atoms with Crippen LogP contribution in [0.3, 0.4) is 0 Å². The van der Waals surface area contributed by atoms with E-state index >= 15 is 0 Å². The Morgan fingerprint density at radius 2 is 1.90 bits per heavy atom. The van der Waals surface area contributed by atoms with E-state index in [2.05, 4.69) is 4.98 Å². The Balaban J connectivity index is 1.01. The second-order valence-electron chi connectivity index (χ2n) is 10.6. The number of amides is 1. The Hall–Kier alpha value is -3.53. The molecule has 0 N–H and O–H groups in total. The highest BCUT2D eigenvalue weighted by atomic mass is 35.5. The highest BCUT2D eigenvalue weighted by Gasteiger charge is 2.34. The zero-order chi connectivity index (χ0) is 27.7. The average molecular weight is 567 g/mol. The lowest BCUT2D eigenvalue weighted by Crippen LogP contribution is -2.35. The van der Waals surface area contributed by atoms with E-state index < -0.39 is 5.79 Å². The fourth-order valence-corrected chi connectivity index (χ4v) is 5.00. The van der Waals surface area contributed by atoms with Crippen molar-refractivity contribution >= 4 is 17.7 Å². The molecule has 4 heterocycles. The van der Waals surface area contributed by atoms with Gasteiger partial charge in [0, 0.05) is 32.2 Å². The number of halogens is 1. The monoisotopic (exact) mass is 566 g/mol. The molecule has 1 amide bonds. The summed E-state index contributed by atoms with van der Waals surface area (Å²) in [6, 6.07) is 15.4. The number of fused-ring (bicyclic) bond motifs is 2. The summed E-state index contributed by atoms with van der Waals surface area (Å²) in [6.07, 6.45) is 1.47. The van der Waals surface area contributed by atoms with E-state index in [1.54, 1.807) is 17.2 Å². The number of ether oxygens (including phenoxy) is 6. The number of aromatic nitrogens is 1. The molecule has 40 heavy (non-hydrogen) atoms. The summed E-state index contributed by atoms with van der Waals surface area (Å²) >= 11 is 5.83. The second-order valence-corrected chi connectivity index (χ2v) is 10.9. The Kier molecular flexibility index (Phi) is 7.44. The summed E-state index contributed by atoms with van der Waals surface area (Å²) in [5, 5.41) is 0.450. The number of carbonyl (C=O) groups excluding carboxylic acids is 1. The largest absolute Gasteiger partial charge is 0.486 e. The maximum Gasteiger partial charge on any atom is 0.410 e. The molecule has 0 radical (unpaired) electrons. The molecule has 1 aromatic heterocycles. The molecule has 1 fully saturated rings. The van der Waals surface area contributed by atoms with E-state index in [4.69, 9.17) is 40.0 Å². The van der Waals surface area contributed by atoms with Crippen LogP contribution in [0.1, 0.15) is 42.2 Å². The van der Waals surface area contributed by atoms with Crippen LogP contribution in [0.4, 0.5) is 4.79 Å². The van der Waals surface area contributed by atoms with Gasteiger partial charge in [-0.25, -0.2) is 9.78 Å². The van der Waals surface area contributed by atoms with Crippen molar-refractivity contribution in [2.45, 2.75) is 51.5 Å². The quantitative estimate of drug-likeness (QED) is 0.332. The molecule has 6 rings (SSSR count). The third-order valence-electron chi connectivity index (χ3n) is 7.03. The molecular weight excluding hydrogens is 536 g/mol. The van der Waals surface area contributed by atoms with Crippen molar-refractivity contribution in [1.29, 1.82) is 0 Å². The van der Waals surface area contributed by atoms with Crippen LogP contribution in [-0.2, 0) is 33.8 Å². The van der Waals surface area contributed by atoms with E-state index in [0.717, 1.165) is 28.0 Å². The lowest BCUT2D eigenvalue weighted by Gasteiger charge is -2.32. The smallest absolute Gasteiger partial charge is 0.410 e. The van der Waals surface area contributed by atoms with Gasteiger partial charge in [0.25, 0.3) is 0 Å². The second kappa shape index (κ2) is 11.2. The number of cyclic esters (lactones) is 1. The number of hydrogen-bond acceptors (Lipinski definition) is 8. The number of hydrogen-bond donors (Lipinski definition) is 0. The van der Waals surface area contributed by atoms with Crippen molar-refractivity contribution in [1.82, 2.24) is 9.88 Å². The van der Waals surface area contributed by atoms with Gasteiger partial charge < -0.3 is 33.3 Å². The number of nitrogens with zero attached hydrogens (tertiary/aromatic N) is 2. The van der Waals surface area contributed by atoms with Gasteiger partial charge in [0.05, 0.1) is 26.4 Å². The number of pyridine rings is 1. The highest BCUT2D eigenvalue weighted by Crippen LogP contribution is 2.36. The zero-order valence-corrected chi connectivity index (χ0v) is 23.2. The molecular formula is C30H31ClN2O7. The minimum absolute atomic E-state index is 0.226. The zero-order valence-electron chi connectivity index (χ0n) is 22.4. The van der Waals surface area contributed by atoms with Gasteiger partial charge in [-0.2, -0.15) is 0 Å². The van der Waals surface area contributed by atoms with Crippen LogP contribution in [0.5, 0.6) is 17.2 Å². The number of carbonyl (C=O) groups is 1. The van der Waals surface area contributed by atoms with E-state index in [1.165, 1.54) is 0 Å². The molecule has 0 spiro atoms. The van der Waals surface area contributed by atoms with E-state index in [9.17, 15) is 4.79 Å². The molecule has 9 nitrogen and oxygen atoms in total. The van der Waals surface area contributed by atoms with Crippen molar-refractivity contribution in [2.75, 3.05) is 26.3 Å². The normalized spacial score (nSPS) is 21.0. The Morgan fingerprint density at radius 3 is 2.75 bits per heavy atom.